The van der Waals surface area contributed by atoms with Crippen LogP contribution in [0.1, 0.15) is 26.0 Å². The summed E-state index contributed by atoms with van der Waals surface area (Å²) in [5.74, 6) is 0. The quantitative estimate of drug-likeness (QED) is 0.913. The highest BCUT2D eigenvalue weighted by Gasteiger charge is 2.11. The number of rotatable bonds is 5. The Labute approximate surface area is 116 Å². The number of hydrogen-bond donors (Lipinski definition) is 1. The van der Waals surface area contributed by atoms with Crippen LogP contribution in [0.4, 0.5) is 5.13 Å². The minimum Gasteiger partial charge on any atom is -0.362 e. The fourth-order valence-corrected chi connectivity index (χ4v) is 2.63. The second-order valence-electron chi connectivity index (χ2n) is 4.30. The number of thiazole rings is 1. The van der Waals surface area contributed by atoms with E-state index < -0.39 is 0 Å². The minimum absolute atomic E-state index is 0.0687. The van der Waals surface area contributed by atoms with Crippen molar-refractivity contribution in [3.8, 4) is 11.3 Å². The van der Waals surface area contributed by atoms with Crippen molar-refractivity contribution in [3.05, 3.63) is 27.5 Å². The van der Waals surface area contributed by atoms with Crippen molar-refractivity contribution in [2.45, 2.75) is 33.7 Å². The molecular formula is C13H18N4OS. The molecule has 0 fully saturated rings. The lowest BCUT2D eigenvalue weighted by Gasteiger charge is -2.06. The van der Waals surface area contributed by atoms with Gasteiger partial charge in [-0.2, -0.15) is 5.10 Å². The van der Waals surface area contributed by atoms with Gasteiger partial charge in [-0.15, -0.1) is 11.3 Å². The van der Waals surface area contributed by atoms with Gasteiger partial charge in [-0.3, -0.25) is 4.79 Å². The second-order valence-corrected chi connectivity index (χ2v) is 5.15. The first-order chi connectivity index (χ1) is 9.15. The van der Waals surface area contributed by atoms with E-state index >= 15 is 0 Å². The fraction of sp³-hybridized carbons (Fsp3) is 0.462. The number of aryl methyl sites for hydroxylation is 2. The fourth-order valence-electron chi connectivity index (χ4n) is 1.85. The van der Waals surface area contributed by atoms with E-state index in [1.807, 2.05) is 26.2 Å². The Balaban J connectivity index is 2.45. The minimum atomic E-state index is -0.0687. The highest BCUT2D eigenvalue weighted by molar-refractivity contribution is 7.14. The molecule has 6 heteroatoms. The first-order valence-corrected chi connectivity index (χ1v) is 7.32. The van der Waals surface area contributed by atoms with Crippen LogP contribution < -0.4 is 10.9 Å². The summed E-state index contributed by atoms with van der Waals surface area (Å²) in [5.41, 5.74) is 2.12. The van der Waals surface area contributed by atoms with Crippen molar-refractivity contribution in [1.82, 2.24) is 14.8 Å². The van der Waals surface area contributed by atoms with Crippen LogP contribution in [0.15, 0.2) is 16.2 Å². The van der Waals surface area contributed by atoms with Gasteiger partial charge in [0.15, 0.2) is 5.13 Å². The zero-order valence-corrected chi connectivity index (χ0v) is 12.3. The van der Waals surface area contributed by atoms with Crippen molar-refractivity contribution in [2.24, 2.45) is 0 Å². The monoisotopic (exact) mass is 278 g/mol. The Morgan fingerprint density at radius 2 is 2.21 bits per heavy atom. The summed E-state index contributed by atoms with van der Waals surface area (Å²) in [6.07, 6.45) is 0.884. The Morgan fingerprint density at radius 3 is 2.89 bits per heavy atom. The smallest absolute Gasteiger partial charge is 0.276 e. The second kappa shape index (κ2) is 5.97. The van der Waals surface area contributed by atoms with Crippen molar-refractivity contribution >= 4 is 16.5 Å². The van der Waals surface area contributed by atoms with Crippen molar-refractivity contribution < 1.29 is 0 Å². The Kier molecular flexibility index (Phi) is 4.31. The van der Waals surface area contributed by atoms with Gasteiger partial charge < -0.3 is 5.32 Å². The van der Waals surface area contributed by atoms with E-state index in [0.717, 1.165) is 29.5 Å². The third kappa shape index (κ3) is 3.01. The van der Waals surface area contributed by atoms with Gasteiger partial charge in [-0.25, -0.2) is 9.67 Å². The van der Waals surface area contributed by atoms with Gasteiger partial charge in [0, 0.05) is 18.5 Å². The molecule has 1 N–H and O–H groups in total. The largest absolute Gasteiger partial charge is 0.362 e. The molecule has 0 aromatic carbocycles. The Bertz CT molecular complexity index is 617. The van der Waals surface area contributed by atoms with Crippen LogP contribution in [0, 0.1) is 6.92 Å². The van der Waals surface area contributed by atoms with Crippen LogP contribution in [-0.4, -0.2) is 21.3 Å². The summed E-state index contributed by atoms with van der Waals surface area (Å²) in [7, 11) is 0. The van der Waals surface area contributed by atoms with Crippen LogP contribution >= 0.6 is 11.3 Å². The molecule has 19 heavy (non-hydrogen) atoms. The van der Waals surface area contributed by atoms with Gasteiger partial charge in [0.25, 0.3) is 5.56 Å². The molecule has 5 nitrogen and oxygen atoms in total. The van der Waals surface area contributed by atoms with Crippen molar-refractivity contribution in [1.29, 1.82) is 0 Å². The van der Waals surface area contributed by atoms with Gasteiger partial charge >= 0.3 is 0 Å². The predicted octanol–water partition coefficient (Wildman–Crippen LogP) is 2.52. The van der Waals surface area contributed by atoms with E-state index in [9.17, 15) is 4.79 Å². The molecule has 0 aliphatic carbocycles. The molecule has 2 rings (SSSR count). The van der Waals surface area contributed by atoms with E-state index in [1.165, 1.54) is 16.0 Å². The third-order valence-corrected chi connectivity index (χ3v) is 3.44. The Hall–Kier alpha value is -1.69. The zero-order chi connectivity index (χ0) is 13.8. The normalized spacial score (nSPS) is 10.7. The number of hydrogen-bond acceptors (Lipinski definition) is 5. The van der Waals surface area contributed by atoms with Gasteiger partial charge in [0.1, 0.15) is 0 Å². The van der Waals surface area contributed by atoms with Gasteiger partial charge in [0.05, 0.1) is 17.0 Å². The number of anilines is 1. The summed E-state index contributed by atoms with van der Waals surface area (Å²) in [6, 6.07) is 1.80. The summed E-state index contributed by atoms with van der Waals surface area (Å²) in [6.45, 7) is 7.40. The predicted molar refractivity (Wildman–Crippen MR) is 78.8 cm³/mol. The van der Waals surface area contributed by atoms with Gasteiger partial charge in [0.2, 0.25) is 0 Å². The van der Waals surface area contributed by atoms with Crippen LogP contribution in [-0.2, 0) is 6.54 Å². The van der Waals surface area contributed by atoms with Crippen LogP contribution in [0.5, 0.6) is 0 Å². The molecule has 0 saturated carbocycles. The average molecular weight is 278 g/mol. The maximum Gasteiger partial charge on any atom is 0.276 e. The molecule has 102 valence electrons. The SMILES string of the molecule is CCCn1nc(C)cc(-c2csc(NCC)n2)c1=O. The third-order valence-electron chi connectivity index (χ3n) is 2.64. The maximum atomic E-state index is 12.3. The molecule has 0 amide bonds. The molecule has 0 aliphatic heterocycles. The molecule has 2 heterocycles. The number of nitrogens with one attached hydrogen (secondary N) is 1. The maximum absolute atomic E-state index is 12.3. The lowest BCUT2D eigenvalue weighted by molar-refractivity contribution is 0.562. The molecule has 0 saturated heterocycles. The lowest BCUT2D eigenvalue weighted by Crippen LogP contribution is -2.25. The van der Waals surface area contributed by atoms with E-state index in [2.05, 4.69) is 15.4 Å². The summed E-state index contributed by atoms with van der Waals surface area (Å²) >= 11 is 1.51. The first kappa shape index (κ1) is 13.7. The molecule has 0 atom stereocenters. The molecule has 0 aliphatic rings. The van der Waals surface area contributed by atoms with E-state index in [1.54, 1.807) is 6.07 Å². The van der Waals surface area contributed by atoms with Crippen molar-refractivity contribution in [2.75, 3.05) is 11.9 Å². The van der Waals surface area contributed by atoms with Crippen molar-refractivity contribution in [3.63, 3.8) is 0 Å². The highest BCUT2D eigenvalue weighted by atomic mass is 32.1. The van der Waals surface area contributed by atoms with E-state index in [4.69, 9.17) is 0 Å². The zero-order valence-electron chi connectivity index (χ0n) is 11.4. The average Bonchev–Trinajstić information content (AvgIpc) is 2.82. The molecule has 0 bridgehead atoms. The summed E-state index contributed by atoms with van der Waals surface area (Å²) in [5, 5.41) is 10.2. The van der Waals surface area contributed by atoms with Crippen LogP contribution in [0.25, 0.3) is 11.3 Å². The highest BCUT2D eigenvalue weighted by Crippen LogP contribution is 2.22. The van der Waals surface area contributed by atoms with Gasteiger partial charge in [-0.1, -0.05) is 6.92 Å². The molecule has 2 aromatic heterocycles. The number of nitrogens with zero attached hydrogens (tertiary/aromatic N) is 3. The molecular weight excluding hydrogens is 260 g/mol. The summed E-state index contributed by atoms with van der Waals surface area (Å²) in [4.78, 5) is 16.8. The molecule has 2 aromatic rings. The molecule has 0 spiro atoms. The molecule has 0 unspecified atom stereocenters. The van der Waals surface area contributed by atoms with E-state index in [0.29, 0.717) is 12.1 Å². The molecule has 0 radical (unpaired) electrons. The Morgan fingerprint density at radius 1 is 1.42 bits per heavy atom. The lowest BCUT2D eigenvalue weighted by atomic mass is 10.2. The van der Waals surface area contributed by atoms with E-state index in [-0.39, 0.29) is 5.56 Å². The van der Waals surface area contributed by atoms with Crippen LogP contribution in [0.2, 0.25) is 0 Å². The summed E-state index contributed by atoms with van der Waals surface area (Å²) < 4.78 is 1.52. The van der Waals surface area contributed by atoms with Crippen LogP contribution in [0.3, 0.4) is 0 Å². The van der Waals surface area contributed by atoms with Gasteiger partial charge in [-0.05, 0) is 26.3 Å². The first-order valence-electron chi connectivity index (χ1n) is 6.44. The standard InChI is InChI=1S/C13H18N4OS/c1-4-6-17-12(18)10(7-9(3)16-17)11-8-19-13(15-11)14-5-2/h7-8H,4-6H2,1-3H3,(H,14,15). The number of aromatic nitrogens is 3. The topological polar surface area (TPSA) is 59.8 Å².